The second-order valence-corrected chi connectivity index (χ2v) is 7.72. The Morgan fingerprint density at radius 3 is 1.83 bits per heavy atom. The third-order valence-corrected chi connectivity index (χ3v) is 5.42. The van der Waals surface area contributed by atoms with Crippen molar-refractivity contribution in [2.75, 3.05) is 26.4 Å². The van der Waals surface area contributed by atoms with Crippen LogP contribution in [0.1, 0.15) is 12.5 Å². The van der Waals surface area contributed by atoms with Crippen molar-refractivity contribution in [3.8, 4) is 34.0 Å². The first-order valence-electron chi connectivity index (χ1n) is 10.5. The van der Waals surface area contributed by atoms with Crippen LogP contribution in [-0.2, 0) is 16.0 Å². The fourth-order valence-electron chi connectivity index (χ4n) is 3.54. The Morgan fingerprint density at radius 1 is 0.867 bits per heavy atom. The van der Waals surface area contributed by atoms with Crippen LogP contribution in [0.5, 0.6) is 11.5 Å². The highest BCUT2D eigenvalue weighted by Crippen LogP contribution is 2.33. The summed E-state index contributed by atoms with van der Waals surface area (Å²) in [6, 6.07) is 16.4. The van der Waals surface area contributed by atoms with Crippen LogP contribution in [0.2, 0.25) is 0 Å². The number of aromatic nitrogens is 2. The molecule has 2 saturated heterocycles. The van der Waals surface area contributed by atoms with Gasteiger partial charge in [0.1, 0.15) is 36.9 Å². The Morgan fingerprint density at radius 2 is 1.37 bits per heavy atom. The summed E-state index contributed by atoms with van der Waals surface area (Å²) in [7, 11) is 0. The van der Waals surface area contributed by atoms with Crippen molar-refractivity contribution in [2.45, 2.75) is 32.6 Å². The van der Waals surface area contributed by atoms with Gasteiger partial charge in [-0.15, -0.1) is 0 Å². The third kappa shape index (κ3) is 4.20. The summed E-state index contributed by atoms with van der Waals surface area (Å²) in [4.78, 5) is 0. The van der Waals surface area contributed by atoms with E-state index >= 15 is 0 Å². The lowest BCUT2D eigenvalue weighted by atomic mass is 10.0. The van der Waals surface area contributed by atoms with Gasteiger partial charge < -0.3 is 18.9 Å². The van der Waals surface area contributed by atoms with E-state index in [2.05, 4.69) is 42.8 Å². The van der Waals surface area contributed by atoms with Gasteiger partial charge in [0.25, 0.3) is 0 Å². The molecule has 2 aromatic carbocycles. The average Bonchev–Trinajstić information content (AvgIpc) is 3.70. The monoisotopic (exact) mass is 406 g/mol. The maximum atomic E-state index is 5.76. The van der Waals surface area contributed by atoms with E-state index in [1.54, 1.807) is 0 Å². The Bertz CT molecular complexity index is 1000. The highest BCUT2D eigenvalue weighted by atomic mass is 16.6. The largest absolute Gasteiger partial charge is 0.491 e. The highest BCUT2D eigenvalue weighted by Gasteiger charge is 2.24. The van der Waals surface area contributed by atoms with Crippen molar-refractivity contribution < 1.29 is 18.9 Å². The molecule has 5 rings (SSSR count). The number of nitrogens with zero attached hydrogens (tertiary/aromatic N) is 2. The van der Waals surface area contributed by atoms with Crippen molar-refractivity contribution in [1.82, 2.24) is 9.78 Å². The zero-order chi connectivity index (χ0) is 20.5. The first kappa shape index (κ1) is 19.2. The van der Waals surface area contributed by atoms with Crippen LogP contribution < -0.4 is 9.47 Å². The molecule has 3 aromatic rings. The van der Waals surface area contributed by atoms with Crippen LogP contribution in [0, 0.1) is 6.92 Å². The van der Waals surface area contributed by atoms with Crippen LogP contribution in [-0.4, -0.2) is 48.4 Å². The predicted octanol–water partition coefficient (Wildman–Crippen LogP) is 4.10. The standard InChI is InChI=1S/C24H26N2O4/c1-3-26-24(18-6-10-20(11-7-18)28-13-22-15-30-22)16(2)23(25-26)17-4-8-19(9-5-17)27-12-21-14-29-21/h4-11,21-22H,3,12-15H2,1-2H3. The van der Waals surface area contributed by atoms with Crippen molar-refractivity contribution in [3.05, 3.63) is 54.1 Å². The van der Waals surface area contributed by atoms with Crippen LogP contribution in [0.15, 0.2) is 48.5 Å². The molecule has 156 valence electrons. The molecular formula is C24H26N2O4. The van der Waals surface area contributed by atoms with Gasteiger partial charge in [0.15, 0.2) is 0 Å². The summed E-state index contributed by atoms with van der Waals surface area (Å²) in [6.07, 6.45) is 0.517. The maximum Gasteiger partial charge on any atom is 0.119 e. The molecule has 0 radical (unpaired) electrons. The highest BCUT2D eigenvalue weighted by molar-refractivity contribution is 5.74. The zero-order valence-electron chi connectivity index (χ0n) is 17.3. The first-order chi connectivity index (χ1) is 14.7. The molecule has 2 aliphatic rings. The molecule has 2 atom stereocenters. The molecule has 0 saturated carbocycles. The van der Waals surface area contributed by atoms with Gasteiger partial charge in [0.05, 0.1) is 24.6 Å². The van der Waals surface area contributed by atoms with Gasteiger partial charge in [-0.25, -0.2) is 0 Å². The molecule has 2 unspecified atom stereocenters. The minimum absolute atomic E-state index is 0.258. The van der Waals surface area contributed by atoms with Crippen molar-refractivity contribution in [1.29, 1.82) is 0 Å². The van der Waals surface area contributed by atoms with Gasteiger partial charge in [0.2, 0.25) is 0 Å². The fraction of sp³-hybridized carbons (Fsp3) is 0.375. The number of benzene rings is 2. The smallest absolute Gasteiger partial charge is 0.119 e. The third-order valence-electron chi connectivity index (χ3n) is 5.42. The lowest BCUT2D eigenvalue weighted by Gasteiger charge is -2.08. The van der Waals surface area contributed by atoms with Gasteiger partial charge >= 0.3 is 0 Å². The van der Waals surface area contributed by atoms with E-state index in [1.165, 1.54) is 0 Å². The molecule has 6 heteroatoms. The Balaban J connectivity index is 1.36. The molecule has 6 nitrogen and oxygen atoms in total. The predicted molar refractivity (Wildman–Crippen MR) is 114 cm³/mol. The maximum absolute atomic E-state index is 5.76. The molecule has 0 bridgehead atoms. The lowest BCUT2D eigenvalue weighted by molar-refractivity contribution is 0.263. The Kier molecular flexibility index (Phi) is 5.19. The number of ether oxygens (including phenoxy) is 4. The van der Waals surface area contributed by atoms with Crippen LogP contribution in [0.25, 0.3) is 22.5 Å². The topological polar surface area (TPSA) is 61.3 Å². The molecular weight excluding hydrogens is 380 g/mol. The molecule has 0 N–H and O–H groups in total. The van der Waals surface area contributed by atoms with Crippen LogP contribution >= 0.6 is 0 Å². The Hall–Kier alpha value is -2.83. The zero-order valence-corrected chi connectivity index (χ0v) is 17.3. The second kappa shape index (κ2) is 8.13. The Labute approximate surface area is 176 Å². The van der Waals surface area contributed by atoms with E-state index in [0.717, 1.165) is 59.3 Å². The van der Waals surface area contributed by atoms with Gasteiger partial charge in [-0.05, 0) is 62.4 Å². The van der Waals surface area contributed by atoms with Gasteiger partial charge in [-0.2, -0.15) is 5.10 Å². The van der Waals surface area contributed by atoms with Gasteiger partial charge in [-0.3, -0.25) is 4.68 Å². The van der Waals surface area contributed by atoms with E-state index in [1.807, 2.05) is 24.3 Å². The number of epoxide rings is 2. The quantitative estimate of drug-likeness (QED) is 0.501. The summed E-state index contributed by atoms with van der Waals surface area (Å²) in [5, 5.41) is 4.89. The summed E-state index contributed by atoms with van der Waals surface area (Å²) in [5.74, 6) is 1.72. The molecule has 3 heterocycles. The molecule has 0 spiro atoms. The SMILES string of the molecule is CCn1nc(-c2ccc(OCC3CO3)cc2)c(C)c1-c1ccc(OCC2CO2)cc1. The van der Waals surface area contributed by atoms with Gasteiger partial charge in [-0.1, -0.05) is 0 Å². The van der Waals surface area contributed by atoms with Gasteiger partial charge in [0, 0.05) is 23.2 Å². The van der Waals surface area contributed by atoms with E-state index in [9.17, 15) is 0 Å². The fourth-order valence-corrected chi connectivity index (χ4v) is 3.54. The number of rotatable bonds is 9. The summed E-state index contributed by atoms with van der Waals surface area (Å²) < 4.78 is 24.0. The lowest BCUT2D eigenvalue weighted by Crippen LogP contribution is -2.04. The molecule has 2 fully saturated rings. The summed E-state index contributed by atoms with van der Waals surface area (Å²) in [5.41, 5.74) is 5.51. The van der Waals surface area contributed by atoms with E-state index < -0.39 is 0 Å². The molecule has 1 aromatic heterocycles. The molecule has 2 aliphatic heterocycles. The van der Waals surface area contributed by atoms with Crippen molar-refractivity contribution in [3.63, 3.8) is 0 Å². The minimum atomic E-state index is 0.258. The van der Waals surface area contributed by atoms with Crippen LogP contribution in [0.4, 0.5) is 0 Å². The van der Waals surface area contributed by atoms with E-state index in [0.29, 0.717) is 13.2 Å². The first-order valence-corrected chi connectivity index (χ1v) is 10.5. The van der Waals surface area contributed by atoms with Crippen LogP contribution in [0.3, 0.4) is 0 Å². The van der Waals surface area contributed by atoms with E-state index in [-0.39, 0.29) is 12.2 Å². The molecule has 0 aliphatic carbocycles. The number of hydrogen-bond donors (Lipinski definition) is 0. The second-order valence-electron chi connectivity index (χ2n) is 7.72. The summed E-state index contributed by atoms with van der Waals surface area (Å²) >= 11 is 0. The number of hydrogen-bond acceptors (Lipinski definition) is 5. The molecule has 0 amide bonds. The number of aryl methyl sites for hydroxylation is 1. The van der Waals surface area contributed by atoms with Crippen molar-refractivity contribution in [2.24, 2.45) is 0 Å². The minimum Gasteiger partial charge on any atom is -0.491 e. The normalized spacial score (nSPS) is 19.5. The van der Waals surface area contributed by atoms with E-state index in [4.69, 9.17) is 24.0 Å². The summed E-state index contributed by atoms with van der Waals surface area (Å²) in [6.45, 7) is 7.88. The van der Waals surface area contributed by atoms with Crippen molar-refractivity contribution >= 4 is 0 Å². The average molecular weight is 406 g/mol. The molecule has 30 heavy (non-hydrogen) atoms.